The summed E-state index contributed by atoms with van der Waals surface area (Å²) < 4.78 is 12.9. The minimum absolute atomic E-state index is 0.223. The minimum Gasteiger partial charge on any atom is -0.543 e. The highest BCUT2D eigenvalue weighted by atomic mass is 28.4. The van der Waals surface area contributed by atoms with E-state index in [-0.39, 0.29) is 5.97 Å². The van der Waals surface area contributed by atoms with Gasteiger partial charge in [-0.05, 0) is 57.0 Å². The standard InChI is InChI=1S/C27H48O3Si2/c1-19(2)31(20(3)4,21(5)6)29-26-16-13-25(14-17-26)15-18-27(28)30-32(22(7)8,23(9)10)24(11)12/h13-24H,1-12H3. The van der Waals surface area contributed by atoms with Crippen LogP contribution in [-0.2, 0) is 9.22 Å². The Morgan fingerprint density at radius 1 is 0.656 bits per heavy atom. The van der Waals surface area contributed by atoms with E-state index in [1.807, 2.05) is 30.3 Å². The molecule has 1 aromatic carbocycles. The molecule has 1 aromatic rings. The van der Waals surface area contributed by atoms with E-state index in [9.17, 15) is 4.79 Å². The summed E-state index contributed by atoms with van der Waals surface area (Å²) in [6, 6.07) is 8.12. The fraction of sp³-hybridized carbons (Fsp3) is 0.667. The van der Waals surface area contributed by atoms with Gasteiger partial charge in [0.2, 0.25) is 0 Å². The molecule has 1 rings (SSSR count). The van der Waals surface area contributed by atoms with Crippen molar-refractivity contribution in [3.05, 3.63) is 35.9 Å². The molecule has 0 bridgehead atoms. The summed E-state index contributed by atoms with van der Waals surface area (Å²) in [5.74, 6) is 0.706. The molecule has 182 valence electrons. The monoisotopic (exact) mass is 476 g/mol. The zero-order valence-electron chi connectivity index (χ0n) is 22.7. The largest absolute Gasteiger partial charge is 0.543 e. The van der Waals surface area contributed by atoms with Crippen molar-refractivity contribution in [3.8, 4) is 5.75 Å². The highest BCUT2D eigenvalue weighted by Gasteiger charge is 2.48. The van der Waals surface area contributed by atoms with Gasteiger partial charge in [-0.1, -0.05) is 95.2 Å². The molecule has 0 fully saturated rings. The van der Waals surface area contributed by atoms with E-state index in [2.05, 4.69) is 83.1 Å². The predicted molar refractivity (Wildman–Crippen MR) is 144 cm³/mol. The number of carbonyl (C=O) groups is 1. The van der Waals surface area contributed by atoms with Gasteiger partial charge in [-0.25, -0.2) is 4.79 Å². The van der Waals surface area contributed by atoms with Crippen molar-refractivity contribution < 1.29 is 13.6 Å². The third kappa shape index (κ3) is 6.16. The van der Waals surface area contributed by atoms with Crippen molar-refractivity contribution in [3.63, 3.8) is 0 Å². The maximum atomic E-state index is 12.7. The minimum atomic E-state index is -2.21. The molecule has 0 aliphatic rings. The SMILES string of the molecule is CC(C)[Si](OC(=O)C=Cc1ccc(O[Si](C(C)C)(C(C)C)C(C)C)cc1)(C(C)C)C(C)C. The molecule has 0 spiro atoms. The fourth-order valence-corrected chi connectivity index (χ4v) is 16.3. The smallest absolute Gasteiger partial charge is 0.317 e. The van der Waals surface area contributed by atoms with Gasteiger partial charge in [0, 0.05) is 6.08 Å². The first-order valence-corrected chi connectivity index (χ1v) is 16.7. The van der Waals surface area contributed by atoms with Crippen LogP contribution in [0.25, 0.3) is 6.08 Å². The van der Waals surface area contributed by atoms with E-state index in [1.165, 1.54) is 0 Å². The molecular formula is C27H48O3Si2. The fourth-order valence-electron chi connectivity index (χ4n) is 5.93. The lowest BCUT2D eigenvalue weighted by Gasteiger charge is -2.42. The van der Waals surface area contributed by atoms with E-state index < -0.39 is 16.6 Å². The normalized spacial score (nSPS) is 13.4. The Bertz CT molecular complexity index is 703. The van der Waals surface area contributed by atoms with Gasteiger partial charge >= 0.3 is 5.97 Å². The maximum Gasteiger partial charge on any atom is 0.317 e. The van der Waals surface area contributed by atoms with Crippen LogP contribution in [0.5, 0.6) is 5.75 Å². The molecule has 0 amide bonds. The molecule has 0 atom stereocenters. The topological polar surface area (TPSA) is 35.5 Å². The summed E-state index contributed by atoms with van der Waals surface area (Å²) in [6.07, 6.45) is 3.43. The molecule has 0 heterocycles. The van der Waals surface area contributed by atoms with E-state index in [0.29, 0.717) is 33.2 Å². The van der Waals surface area contributed by atoms with Gasteiger partial charge in [0.05, 0.1) is 0 Å². The Kier molecular flexibility index (Phi) is 10.5. The average Bonchev–Trinajstić information content (AvgIpc) is 2.67. The second-order valence-electron chi connectivity index (χ2n) is 11.1. The van der Waals surface area contributed by atoms with Gasteiger partial charge in [-0.2, -0.15) is 0 Å². The summed E-state index contributed by atoms with van der Waals surface area (Å²) in [6.45, 7) is 26.9. The molecule has 32 heavy (non-hydrogen) atoms. The Balaban J connectivity index is 3.02. The Labute approximate surface area is 200 Å². The number of hydrogen-bond donors (Lipinski definition) is 0. The van der Waals surface area contributed by atoms with Crippen molar-refractivity contribution in [1.29, 1.82) is 0 Å². The van der Waals surface area contributed by atoms with Gasteiger partial charge < -0.3 is 8.85 Å². The van der Waals surface area contributed by atoms with Crippen molar-refractivity contribution in [2.24, 2.45) is 0 Å². The molecular weight excluding hydrogens is 428 g/mol. The number of hydrogen-bond acceptors (Lipinski definition) is 3. The number of rotatable bonds is 11. The molecule has 5 heteroatoms. The lowest BCUT2D eigenvalue weighted by atomic mass is 10.2. The summed E-state index contributed by atoms with van der Waals surface area (Å²) in [5.41, 5.74) is 3.71. The Morgan fingerprint density at radius 2 is 1.03 bits per heavy atom. The average molecular weight is 477 g/mol. The second-order valence-corrected chi connectivity index (χ2v) is 21.8. The summed E-state index contributed by atoms with van der Waals surface area (Å²) in [4.78, 5) is 12.7. The third-order valence-corrected chi connectivity index (χ3v) is 19.3. The zero-order chi connectivity index (χ0) is 24.9. The van der Waals surface area contributed by atoms with Crippen LogP contribution in [-0.4, -0.2) is 22.6 Å². The molecule has 0 aliphatic heterocycles. The number of benzene rings is 1. The van der Waals surface area contributed by atoms with Gasteiger partial charge in [0.1, 0.15) is 5.75 Å². The molecule has 0 saturated carbocycles. The highest BCUT2D eigenvalue weighted by molar-refractivity contribution is 6.79. The van der Waals surface area contributed by atoms with Crippen LogP contribution in [0.3, 0.4) is 0 Å². The molecule has 0 aromatic heterocycles. The van der Waals surface area contributed by atoms with Gasteiger partial charge in [-0.3, -0.25) is 0 Å². The molecule has 0 aliphatic carbocycles. The quantitative estimate of drug-likeness (QED) is 0.236. The van der Waals surface area contributed by atoms with Crippen LogP contribution in [0.4, 0.5) is 0 Å². The van der Waals surface area contributed by atoms with Gasteiger partial charge in [0.15, 0.2) is 0 Å². The second kappa shape index (κ2) is 11.7. The van der Waals surface area contributed by atoms with E-state index in [4.69, 9.17) is 8.85 Å². The molecule has 3 nitrogen and oxygen atoms in total. The van der Waals surface area contributed by atoms with E-state index >= 15 is 0 Å². The number of carbonyl (C=O) groups excluding carboxylic acids is 1. The first-order chi connectivity index (χ1) is 14.7. The van der Waals surface area contributed by atoms with Crippen LogP contribution < -0.4 is 4.43 Å². The first-order valence-electron chi connectivity index (χ1n) is 12.4. The van der Waals surface area contributed by atoms with Crippen LogP contribution in [0.2, 0.25) is 33.2 Å². The molecule has 0 saturated heterocycles. The lowest BCUT2D eigenvalue weighted by Crippen LogP contribution is -2.50. The predicted octanol–water partition coefficient (Wildman–Crippen LogP) is 8.97. The molecule has 0 unspecified atom stereocenters. The lowest BCUT2D eigenvalue weighted by molar-refractivity contribution is -0.130. The molecule has 0 N–H and O–H groups in total. The van der Waals surface area contributed by atoms with Crippen molar-refractivity contribution in [2.75, 3.05) is 0 Å². The highest BCUT2D eigenvalue weighted by Crippen LogP contribution is 2.43. The maximum absolute atomic E-state index is 12.7. The Morgan fingerprint density at radius 3 is 1.38 bits per heavy atom. The van der Waals surface area contributed by atoms with Crippen LogP contribution in [0.15, 0.2) is 30.3 Å². The third-order valence-electron chi connectivity index (χ3n) is 7.28. The summed E-state index contributed by atoms with van der Waals surface area (Å²) in [5, 5.41) is 0. The zero-order valence-corrected chi connectivity index (χ0v) is 24.7. The van der Waals surface area contributed by atoms with Crippen molar-refractivity contribution in [2.45, 2.75) is 116 Å². The summed E-state index contributed by atoms with van der Waals surface area (Å²) in [7, 11) is -4.18. The van der Waals surface area contributed by atoms with E-state index in [0.717, 1.165) is 11.3 Å². The Hall–Kier alpha value is -1.34. The van der Waals surface area contributed by atoms with Gasteiger partial charge in [0.25, 0.3) is 16.6 Å². The van der Waals surface area contributed by atoms with Crippen LogP contribution >= 0.6 is 0 Å². The van der Waals surface area contributed by atoms with Gasteiger partial charge in [-0.15, -0.1) is 0 Å². The first kappa shape index (κ1) is 28.7. The molecule has 0 radical (unpaired) electrons. The van der Waals surface area contributed by atoms with Crippen LogP contribution in [0.1, 0.15) is 88.6 Å². The van der Waals surface area contributed by atoms with Crippen molar-refractivity contribution >= 4 is 28.7 Å². The van der Waals surface area contributed by atoms with Crippen molar-refractivity contribution in [1.82, 2.24) is 0 Å². The van der Waals surface area contributed by atoms with Crippen LogP contribution in [0, 0.1) is 0 Å². The van der Waals surface area contributed by atoms with E-state index in [1.54, 1.807) is 6.08 Å². The summed E-state index contributed by atoms with van der Waals surface area (Å²) >= 11 is 0.